The van der Waals surface area contributed by atoms with Gasteiger partial charge in [0.2, 0.25) is 0 Å². The normalized spacial score (nSPS) is 16.9. The molecule has 1 fully saturated rings. The molecule has 1 aliphatic carbocycles. The Labute approximate surface area is 98.2 Å². The summed E-state index contributed by atoms with van der Waals surface area (Å²) in [6.45, 7) is 0. The average molecular weight is 236 g/mol. The van der Waals surface area contributed by atoms with Crippen molar-refractivity contribution in [2.24, 2.45) is 0 Å². The van der Waals surface area contributed by atoms with Crippen LogP contribution in [-0.4, -0.2) is 22.7 Å². The van der Waals surface area contributed by atoms with Crippen molar-refractivity contribution in [1.82, 2.24) is 10.3 Å². The van der Waals surface area contributed by atoms with Gasteiger partial charge in [-0.1, -0.05) is 0 Å². The lowest BCUT2D eigenvalue weighted by Gasteiger charge is -2.22. The van der Waals surface area contributed by atoms with Gasteiger partial charge in [0.25, 0.3) is 5.91 Å². The summed E-state index contributed by atoms with van der Waals surface area (Å²) < 4.78 is 12.9. The second-order valence-corrected chi connectivity index (χ2v) is 4.18. The van der Waals surface area contributed by atoms with Gasteiger partial charge in [-0.3, -0.25) is 14.6 Å². The lowest BCUT2D eigenvalue weighted by Crippen LogP contribution is -2.37. The predicted octanol–water partition coefficient (Wildman–Crippen LogP) is 1.46. The van der Waals surface area contributed by atoms with Crippen LogP contribution >= 0.6 is 0 Å². The van der Waals surface area contributed by atoms with Gasteiger partial charge < -0.3 is 5.32 Å². The molecule has 90 valence electrons. The van der Waals surface area contributed by atoms with E-state index in [4.69, 9.17) is 0 Å². The van der Waals surface area contributed by atoms with Gasteiger partial charge in [-0.05, 0) is 18.9 Å². The van der Waals surface area contributed by atoms with Crippen molar-refractivity contribution in [3.63, 3.8) is 0 Å². The number of rotatable bonds is 2. The van der Waals surface area contributed by atoms with Crippen molar-refractivity contribution in [1.29, 1.82) is 0 Å². The number of hydrogen-bond acceptors (Lipinski definition) is 3. The maximum absolute atomic E-state index is 12.9. The lowest BCUT2D eigenvalue weighted by molar-refractivity contribution is -0.120. The van der Waals surface area contributed by atoms with Crippen LogP contribution in [0.4, 0.5) is 4.39 Å². The molecule has 17 heavy (non-hydrogen) atoms. The number of hydrogen-bond donors (Lipinski definition) is 1. The van der Waals surface area contributed by atoms with Crippen molar-refractivity contribution < 1.29 is 14.0 Å². The van der Waals surface area contributed by atoms with Gasteiger partial charge >= 0.3 is 0 Å². The van der Waals surface area contributed by atoms with Gasteiger partial charge in [-0.2, -0.15) is 0 Å². The van der Waals surface area contributed by atoms with Gasteiger partial charge in [-0.25, -0.2) is 4.39 Å². The van der Waals surface area contributed by atoms with Crippen LogP contribution in [0.25, 0.3) is 0 Å². The summed E-state index contributed by atoms with van der Waals surface area (Å²) in [5.41, 5.74) is 0.210. The zero-order valence-corrected chi connectivity index (χ0v) is 9.28. The van der Waals surface area contributed by atoms with Gasteiger partial charge in [-0.15, -0.1) is 0 Å². The molecule has 1 aromatic rings. The van der Waals surface area contributed by atoms with E-state index >= 15 is 0 Å². The van der Waals surface area contributed by atoms with Crippen molar-refractivity contribution in [2.75, 3.05) is 0 Å². The summed E-state index contributed by atoms with van der Waals surface area (Å²) in [5, 5.41) is 2.79. The Bertz CT molecular complexity index is 438. The standard InChI is InChI=1S/C12H13FN2O2/c13-9-5-8(6-14-7-9)12(17)15-10-1-3-11(16)4-2-10/h5-7,10H,1-4H2,(H,15,17). The fourth-order valence-corrected chi connectivity index (χ4v) is 1.89. The molecule has 2 rings (SSSR count). The SMILES string of the molecule is O=C1CCC(NC(=O)c2cncc(F)c2)CC1. The summed E-state index contributed by atoms with van der Waals surface area (Å²) in [6, 6.07) is 1.15. The third kappa shape index (κ3) is 3.09. The van der Waals surface area contributed by atoms with Crippen molar-refractivity contribution in [3.05, 3.63) is 29.8 Å². The van der Waals surface area contributed by atoms with E-state index in [0.717, 1.165) is 12.3 Å². The molecule has 0 bridgehead atoms. The highest BCUT2D eigenvalue weighted by Gasteiger charge is 2.20. The molecule has 1 saturated carbocycles. The number of Topliss-reactive ketones (excluding diaryl/α,β-unsaturated/α-hetero) is 1. The molecule has 0 unspecified atom stereocenters. The van der Waals surface area contributed by atoms with Gasteiger partial charge in [0.05, 0.1) is 11.8 Å². The Balaban J connectivity index is 1.95. The second-order valence-electron chi connectivity index (χ2n) is 4.18. The van der Waals surface area contributed by atoms with E-state index in [-0.39, 0.29) is 23.3 Å². The summed E-state index contributed by atoms with van der Waals surface area (Å²) in [4.78, 5) is 26.4. The molecule has 0 radical (unpaired) electrons. The van der Waals surface area contributed by atoms with E-state index in [9.17, 15) is 14.0 Å². The van der Waals surface area contributed by atoms with E-state index in [1.54, 1.807) is 0 Å². The fourth-order valence-electron chi connectivity index (χ4n) is 1.89. The quantitative estimate of drug-likeness (QED) is 0.845. The van der Waals surface area contributed by atoms with Crippen molar-refractivity contribution >= 4 is 11.7 Å². The largest absolute Gasteiger partial charge is 0.349 e. The van der Waals surface area contributed by atoms with E-state index in [1.807, 2.05) is 0 Å². The van der Waals surface area contributed by atoms with Gasteiger partial charge in [0.15, 0.2) is 0 Å². The topological polar surface area (TPSA) is 59.1 Å². The number of nitrogens with one attached hydrogen (secondary N) is 1. The van der Waals surface area contributed by atoms with Crippen LogP contribution < -0.4 is 5.32 Å². The number of aromatic nitrogens is 1. The van der Waals surface area contributed by atoms with E-state index in [2.05, 4.69) is 10.3 Å². The van der Waals surface area contributed by atoms with Crippen LogP contribution in [0.3, 0.4) is 0 Å². The third-order valence-corrected chi connectivity index (χ3v) is 2.85. The van der Waals surface area contributed by atoms with Crippen molar-refractivity contribution in [2.45, 2.75) is 31.7 Å². The number of halogens is 1. The molecule has 0 atom stereocenters. The average Bonchev–Trinajstić information content (AvgIpc) is 2.32. The molecule has 0 saturated heterocycles. The number of amides is 1. The first kappa shape index (κ1) is 11.7. The number of carbonyl (C=O) groups is 2. The Hall–Kier alpha value is -1.78. The molecule has 5 heteroatoms. The maximum atomic E-state index is 12.9. The molecule has 0 aromatic carbocycles. The predicted molar refractivity (Wildman–Crippen MR) is 58.9 cm³/mol. The van der Waals surface area contributed by atoms with Gasteiger partial charge in [0.1, 0.15) is 11.6 Å². The molecular weight excluding hydrogens is 223 g/mol. The summed E-state index contributed by atoms with van der Waals surface area (Å²) in [7, 11) is 0. The van der Waals surface area contributed by atoms with Crippen LogP contribution in [0.15, 0.2) is 18.5 Å². The molecular formula is C12H13FN2O2. The van der Waals surface area contributed by atoms with Crippen LogP contribution in [0.2, 0.25) is 0 Å². The number of carbonyl (C=O) groups excluding carboxylic acids is 2. The summed E-state index contributed by atoms with van der Waals surface area (Å²) in [5.74, 6) is -0.629. The molecule has 1 amide bonds. The highest BCUT2D eigenvalue weighted by atomic mass is 19.1. The number of nitrogens with zero attached hydrogens (tertiary/aromatic N) is 1. The Morgan fingerprint density at radius 2 is 2.06 bits per heavy atom. The first-order valence-corrected chi connectivity index (χ1v) is 5.58. The van der Waals surface area contributed by atoms with Crippen LogP contribution in [0.1, 0.15) is 36.0 Å². The monoisotopic (exact) mass is 236 g/mol. The molecule has 1 aliphatic rings. The first-order chi connectivity index (χ1) is 8.15. The summed E-state index contributed by atoms with van der Waals surface area (Å²) in [6.07, 6.45) is 4.71. The highest BCUT2D eigenvalue weighted by molar-refractivity contribution is 5.94. The van der Waals surface area contributed by atoms with Gasteiger partial charge in [0, 0.05) is 25.1 Å². The molecule has 0 spiro atoms. The minimum absolute atomic E-state index is 0.00321. The zero-order chi connectivity index (χ0) is 12.3. The smallest absolute Gasteiger partial charge is 0.253 e. The minimum atomic E-state index is -0.531. The molecule has 0 aliphatic heterocycles. The third-order valence-electron chi connectivity index (χ3n) is 2.85. The Kier molecular flexibility index (Phi) is 3.46. The zero-order valence-electron chi connectivity index (χ0n) is 9.28. The van der Waals surface area contributed by atoms with Crippen molar-refractivity contribution in [3.8, 4) is 0 Å². The molecule has 1 N–H and O–H groups in total. The number of ketones is 1. The first-order valence-electron chi connectivity index (χ1n) is 5.58. The molecule has 1 aromatic heterocycles. The van der Waals surface area contributed by atoms with E-state index in [1.165, 1.54) is 6.20 Å². The Morgan fingerprint density at radius 1 is 1.35 bits per heavy atom. The lowest BCUT2D eigenvalue weighted by atomic mass is 9.94. The number of pyridine rings is 1. The fraction of sp³-hybridized carbons (Fsp3) is 0.417. The van der Waals surface area contributed by atoms with Crippen LogP contribution in [0, 0.1) is 5.82 Å². The van der Waals surface area contributed by atoms with E-state index in [0.29, 0.717) is 25.7 Å². The Morgan fingerprint density at radius 3 is 2.71 bits per heavy atom. The van der Waals surface area contributed by atoms with Crippen LogP contribution in [-0.2, 0) is 4.79 Å². The second kappa shape index (κ2) is 5.03. The molecule has 4 nitrogen and oxygen atoms in total. The minimum Gasteiger partial charge on any atom is -0.349 e. The van der Waals surface area contributed by atoms with E-state index < -0.39 is 5.82 Å². The maximum Gasteiger partial charge on any atom is 0.253 e. The highest BCUT2D eigenvalue weighted by Crippen LogP contribution is 2.15. The summed E-state index contributed by atoms with van der Waals surface area (Å²) >= 11 is 0. The molecule has 1 heterocycles. The van der Waals surface area contributed by atoms with Crippen LogP contribution in [0.5, 0.6) is 0 Å².